The molecule has 3 aromatic rings. The first-order valence-corrected chi connectivity index (χ1v) is 9.85. The van der Waals surface area contributed by atoms with Crippen molar-refractivity contribution in [3.05, 3.63) is 111 Å². The van der Waals surface area contributed by atoms with Gasteiger partial charge in [0.25, 0.3) is 17.4 Å². The van der Waals surface area contributed by atoms with Gasteiger partial charge in [0, 0.05) is 36.6 Å². The number of pyridine rings is 1. The van der Waals surface area contributed by atoms with Crippen molar-refractivity contribution in [3.63, 3.8) is 0 Å². The number of aliphatic hydroxyl groups is 1. The molecule has 0 spiro atoms. The van der Waals surface area contributed by atoms with Gasteiger partial charge >= 0.3 is 0 Å². The van der Waals surface area contributed by atoms with Crippen molar-refractivity contribution in [2.24, 2.45) is 0 Å². The number of nitro groups is 1. The zero-order chi connectivity index (χ0) is 22.8. The predicted octanol–water partition coefficient (Wildman–Crippen LogP) is 3.92. The van der Waals surface area contributed by atoms with Crippen LogP contribution >= 0.6 is 0 Å². The number of aryl methyl sites for hydroxylation is 1. The van der Waals surface area contributed by atoms with Gasteiger partial charge < -0.3 is 10.0 Å². The number of aromatic nitrogens is 1. The average Bonchev–Trinajstić information content (AvgIpc) is 3.05. The van der Waals surface area contributed by atoms with E-state index in [1.54, 1.807) is 54.9 Å². The molecule has 0 unspecified atom stereocenters. The third-order valence-corrected chi connectivity index (χ3v) is 5.34. The van der Waals surface area contributed by atoms with Gasteiger partial charge in [-0.15, -0.1) is 0 Å². The van der Waals surface area contributed by atoms with Gasteiger partial charge in [-0.05, 0) is 24.1 Å². The summed E-state index contributed by atoms with van der Waals surface area (Å²) in [6.07, 6.45) is 3.16. The molecule has 0 radical (unpaired) electrons. The SMILES string of the molecule is Cc1ccc(C(O)=C2C(=O)C(=O)N(Cc3cccnc3)[C@H]2c2cccc([N+](=O)[O-])c2)cc1. The van der Waals surface area contributed by atoms with E-state index in [2.05, 4.69) is 4.98 Å². The van der Waals surface area contributed by atoms with Gasteiger partial charge in [-0.3, -0.25) is 24.7 Å². The standard InChI is InChI=1S/C24H19N3O5/c1-15-7-9-17(10-8-15)22(28)20-21(18-5-2-6-19(12-18)27(31)32)26(24(30)23(20)29)14-16-4-3-11-25-13-16/h2-13,21,28H,14H2,1H3/t21-/m0/s1. The van der Waals surface area contributed by atoms with Crippen molar-refractivity contribution < 1.29 is 19.6 Å². The first kappa shape index (κ1) is 20.9. The Morgan fingerprint density at radius 1 is 1.12 bits per heavy atom. The monoisotopic (exact) mass is 429 g/mol. The van der Waals surface area contributed by atoms with Gasteiger partial charge in [0.1, 0.15) is 5.76 Å². The van der Waals surface area contributed by atoms with Crippen molar-refractivity contribution in [2.75, 3.05) is 0 Å². The van der Waals surface area contributed by atoms with E-state index in [1.807, 2.05) is 6.92 Å². The number of hydrogen-bond donors (Lipinski definition) is 1. The topological polar surface area (TPSA) is 114 Å². The maximum atomic E-state index is 13.0. The Kier molecular flexibility index (Phi) is 5.51. The number of nitro benzene ring substituents is 1. The summed E-state index contributed by atoms with van der Waals surface area (Å²) in [5.41, 5.74) is 2.10. The van der Waals surface area contributed by atoms with Crippen molar-refractivity contribution in [1.82, 2.24) is 9.88 Å². The summed E-state index contributed by atoms with van der Waals surface area (Å²) in [5.74, 6) is -1.96. The van der Waals surface area contributed by atoms with Gasteiger partial charge in [0.15, 0.2) is 0 Å². The summed E-state index contributed by atoms with van der Waals surface area (Å²) >= 11 is 0. The molecule has 1 aliphatic heterocycles. The Balaban J connectivity index is 1.89. The Morgan fingerprint density at radius 2 is 1.88 bits per heavy atom. The molecule has 1 fully saturated rings. The van der Waals surface area contributed by atoms with E-state index in [0.717, 1.165) is 5.56 Å². The molecule has 1 amide bonds. The van der Waals surface area contributed by atoms with Crippen LogP contribution in [-0.2, 0) is 16.1 Å². The number of aliphatic hydroxyl groups excluding tert-OH is 1. The Labute approximate surface area is 183 Å². The summed E-state index contributed by atoms with van der Waals surface area (Å²) < 4.78 is 0. The highest BCUT2D eigenvalue weighted by Gasteiger charge is 2.46. The third-order valence-electron chi connectivity index (χ3n) is 5.34. The molecule has 1 aromatic heterocycles. The fourth-order valence-corrected chi connectivity index (χ4v) is 3.75. The first-order chi connectivity index (χ1) is 15.4. The van der Waals surface area contributed by atoms with Gasteiger partial charge in [-0.2, -0.15) is 0 Å². The number of Topliss-reactive ketones (excluding diaryl/α,β-unsaturated/α-hetero) is 1. The van der Waals surface area contributed by atoms with E-state index in [9.17, 15) is 24.8 Å². The van der Waals surface area contributed by atoms with E-state index in [-0.39, 0.29) is 23.6 Å². The molecule has 8 heteroatoms. The lowest BCUT2D eigenvalue weighted by Crippen LogP contribution is -2.29. The Bertz CT molecular complexity index is 1240. The number of carbonyl (C=O) groups is 2. The van der Waals surface area contributed by atoms with Crippen LogP contribution in [-0.4, -0.2) is 31.6 Å². The smallest absolute Gasteiger partial charge is 0.295 e. The molecule has 2 heterocycles. The fourth-order valence-electron chi connectivity index (χ4n) is 3.75. The summed E-state index contributed by atoms with van der Waals surface area (Å²) in [5, 5.41) is 22.4. The van der Waals surface area contributed by atoms with Crippen LogP contribution in [0.25, 0.3) is 5.76 Å². The molecular weight excluding hydrogens is 410 g/mol. The number of benzene rings is 2. The quantitative estimate of drug-likeness (QED) is 0.216. The number of ketones is 1. The molecule has 1 saturated heterocycles. The second-order valence-corrected chi connectivity index (χ2v) is 7.51. The van der Waals surface area contributed by atoms with Crippen LogP contribution in [0, 0.1) is 17.0 Å². The highest BCUT2D eigenvalue weighted by Crippen LogP contribution is 2.41. The van der Waals surface area contributed by atoms with E-state index in [1.165, 1.54) is 23.1 Å². The molecular formula is C24H19N3O5. The average molecular weight is 429 g/mol. The minimum Gasteiger partial charge on any atom is -0.507 e. The van der Waals surface area contributed by atoms with E-state index in [0.29, 0.717) is 16.7 Å². The summed E-state index contributed by atoms with van der Waals surface area (Å²) in [6, 6.07) is 15.1. The molecule has 1 N–H and O–H groups in total. The maximum Gasteiger partial charge on any atom is 0.295 e. The van der Waals surface area contributed by atoms with Crippen LogP contribution in [0.3, 0.4) is 0 Å². The minimum atomic E-state index is -0.989. The van der Waals surface area contributed by atoms with Crippen molar-refractivity contribution in [1.29, 1.82) is 0 Å². The molecule has 32 heavy (non-hydrogen) atoms. The molecule has 0 aliphatic carbocycles. The van der Waals surface area contributed by atoms with Crippen LogP contribution in [0.2, 0.25) is 0 Å². The van der Waals surface area contributed by atoms with Crippen molar-refractivity contribution in [3.8, 4) is 0 Å². The summed E-state index contributed by atoms with van der Waals surface area (Å²) in [6.45, 7) is 1.94. The minimum absolute atomic E-state index is 0.0520. The summed E-state index contributed by atoms with van der Waals surface area (Å²) in [7, 11) is 0. The van der Waals surface area contributed by atoms with Crippen molar-refractivity contribution >= 4 is 23.1 Å². The van der Waals surface area contributed by atoms with Crippen LogP contribution < -0.4 is 0 Å². The fraction of sp³-hybridized carbons (Fsp3) is 0.125. The number of hydrogen-bond acceptors (Lipinski definition) is 6. The normalized spacial score (nSPS) is 17.5. The Morgan fingerprint density at radius 3 is 2.53 bits per heavy atom. The molecule has 2 aromatic carbocycles. The first-order valence-electron chi connectivity index (χ1n) is 9.85. The zero-order valence-corrected chi connectivity index (χ0v) is 17.1. The van der Waals surface area contributed by atoms with Crippen molar-refractivity contribution in [2.45, 2.75) is 19.5 Å². The summed E-state index contributed by atoms with van der Waals surface area (Å²) in [4.78, 5) is 42.1. The largest absolute Gasteiger partial charge is 0.507 e. The number of nitrogens with zero attached hydrogens (tertiary/aromatic N) is 3. The molecule has 0 saturated carbocycles. The molecule has 160 valence electrons. The van der Waals surface area contributed by atoms with Gasteiger partial charge in [0.2, 0.25) is 0 Å². The van der Waals surface area contributed by atoms with Gasteiger partial charge in [-0.25, -0.2) is 0 Å². The van der Waals surface area contributed by atoms with Crippen LogP contribution in [0.4, 0.5) is 5.69 Å². The predicted molar refractivity (Wildman–Crippen MR) is 116 cm³/mol. The number of non-ortho nitro benzene ring substituents is 1. The van der Waals surface area contributed by atoms with Crippen LogP contribution in [0.1, 0.15) is 28.3 Å². The second-order valence-electron chi connectivity index (χ2n) is 7.51. The molecule has 0 bridgehead atoms. The lowest BCUT2D eigenvalue weighted by atomic mass is 9.94. The Hall–Kier alpha value is -4.33. The highest BCUT2D eigenvalue weighted by molar-refractivity contribution is 6.46. The van der Waals surface area contributed by atoms with E-state index < -0.39 is 22.7 Å². The van der Waals surface area contributed by atoms with Gasteiger partial charge in [-0.1, -0.05) is 48.0 Å². The number of carbonyl (C=O) groups excluding carboxylic acids is 2. The van der Waals surface area contributed by atoms with Crippen LogP contribution in [0.15, 0.2) is 78.6 Å². The lowest BCUT2D eigenvalue weighted by Gasteiger charge is -2.25. The maximum absolute atomic E-state index is 13.0. The third kappa shape index (κ3) is 3.85. The van der Waals surface area contributed by atoms with Gasteiger partial charge in [0.05, 0.1) is 16.5 Å². The van der Waals surface area contributed by atoms with E-state index >= 15 is 0 Å². The molecule has 4 rings (SSSR count). The highest BCUT2D eigenvalue weighted by atomic mass is 16.6. The molecule has 1 aliphatic rings. The number of rotatable bonds is 5. The number of likely N-dealkylation sites (tertiary alicyclic amines) is 1. The lowest BCUT2D eigenvalue weighted by molar-refractivity contribution is -0.384. The second kappa shape index (κ2) is 8.43. The number of amides is 1. The molecule has 8 nitrogen and oxygen atoms in total. The zero-order valence-electron chi connectivity index (χ0n) is 17.1. The van der Waals surface area contributed by atoms with Crippen LogP contribution in [0.5, 0.6) is 0 Å². The van der Waals surface area contributed by atoms with E-state index in [4.69, 9.17) is 0 Å². The molecule has 1 atom stereocenters.